The van der Waals surface area contributed by atoms with Crippen LogP contribution >= 0.6 is 11.6 Å². The van der Waals surface area contributed by atoms with Gasteiger partial charge in [0, 0.05) is 12.7 Å². The first kappa shape index (κ1) is 13.6. The van der Waals surface area contributed by atoms with Gasteiger partial charge in [0.25, 0.3) is 0 Å². The topological polar surface area (TPSA) is 55.6 Å². The lowest BCUT2D eigenvalue weighted by molar-refractivity contribution is 0.879. The monoisotopic (exact) mass is 299 g/mol. The van der Waals surface area contributed by atoms with Crippen molar-refractivity contribution in [3.8, 4) is 5.69 Å². The van der Waals surface area contributed by atoms with Crippen molar-refractivity contribution in [3.05, 3.63) is 65.8 Å². The molecular formula is C15H14ClN5. The standard InChI is InChI=1S/C15H14ClN5/c16-14-9-17-10-15(20-14)18-7-6-12-8-19-21(11-12)13-4-2-1-3-5-13/h1-5,8-11H,6-7H2,(H,18,20). The average Bonchev–Trinajstić information content (AvgIpc) is 2.97. The van der Waals surface area contributed by atoms with Gasteiger partial charge in [0.15, 0.2) is 0 Å². The molecule has 1 N–H and O–H groups in total. The summed E-state index contributed by atoms with van der Waals surface area (Å²) in [5.74, 6) is 0.679. The van der Waals surface area contributed by atoms with E-state index in [1.165, 1.54) is 6.20 Å². The van der Waals surface area contributed by atoms with Crippen LogP contribution in [-0.4, -0.2) is 26.3 Å². The minimum Gasteiger partial charge on any atom is -0.368 e. The van der Waals surface area contributed by atoms with E-state index in [2.05, 4.69) is 20.4 Å². The number of rotatable bonds is 5. The summed E-state index contributed by atoms with van der Waals surface area (Å²) >= 11 is 5.78. The van der Waals surface area contributed by atoms with Gasteiger partial charge in [-0.25, -0.2) is 9.67 Å². The van der Waals surface area contributed by atoms with E-state index in [-0.39, 0.29) is 0 Å². The smallest absolute Gasteiger partial charge is 0.149 e. The number of nitrogens with zero attached hydrogens (tertiary/aromatic N) is 4. The lowest BCUT2D eigenvalue weighted by Crippen LogP contribution is -2.06. The predicted octanol–water partition coefficient (Wildman–Crippen LogP) is 2.97. The molecule has 0 radical (unpaired) electrons. The van der Waals surface area contributed by atoms with Crippen LogP contribution in [0, 0.1) is 0 Å². The quantitative estimate of drug-likeness (QED) is 0.787. The molecule has 2 aromatic heterocycles. The van der Waals surface area contributed by atoms with Gasteiger partial charge in [-0.1, -0.05) is 29.8 Å². The van der Waals surface area contributed by atoms with E-state index in [1.54, 1.807) is 6.20 Å². The molecule has 3 aromatic rings. The molecule has 6 heteroatoms. The molecule has 0 fully saturated rings. The van der Waals surface area contributed by atoms with Gasteiger partial charge >= 0.3 is 0 Å². The first-order chi connectivity index (χ1) is 10.3. The summed E-state index contributed by atoms with van der Waals surface area (Å²) in [6.07, 6.45) is 7.91. The van der Waals surface area contributed by atoms with E-state index in [0.717, 1.165) is 24.2 Å². The molecule has 0 atom stereocenters. The highest BCUT2D eigenvalue weighted by Gasteiger charge is 2.01. The number of anilines is 1. The van der Waals surface area contributed by atoms with Crippen LogP contribution in [0.25, 0.3) is 5.69 Å². The zero-order valence-corrected chi connectivity index (χ0v) is 12.0. The van der Waals surface area contributed by atoms with Gasteiger partial charge in [-0.3, -0.25) is 4.98 Å². The molecule has 0 unspecified atom stereocenters. The van der Waals surface area contributed by atoms with Crippen molar-refractivity contribution in [1.82, 2.24) is 19.7 Å². The van der Waals surface area contributed by atoms with Crippen LogP contribution in [0.2, 0.25) is 5.15 Å². The van der Waals surface area contributed by atoms with Crippen LogP contribution in [0.1, 0.15) is 5.56 Å². The van der Waals surface area contributed by atoms with Crippen molar-refractivity contribution in [2.75, 3.05) is 11.9 Å². The molecule has 1 aromatic carbocycles. The van der Waals surface area contributed by atoms with E-state index in [4.69, 9.17) is 11.6 Å². The van der Waals surface area contributed by atoms with Gasteiger partial charge in [-0.15, -0.1) is 0 Å². The third-order valence-corrected chi connectivity index (χ3v) is 3.16. The lowest BCUT2D eigenvalue weighted by Gasteiger charge is -2.03. The first-order valence-corrected chi connectivity index (χ1v) is 6.99. The molecule has 0 aliphatic heterocycles. The van der Waals surface area contributed by atoms with Crippen LogP contribution in [0.5, 0.6) is 0 Å². The van der Waals surface area contributed by atoms with Crippen LogP contribution in [0.4, 0.5) is 5.82 Å². The second kappa shape index (κ2) is 6.37. The van der Waals surface area contributed by atoms with Crippen molar-refractivity contribution in [2.24, 2.45) is 0 Å². The van der Waals surface area contributed by atoms with Crippen LogP contribution in [-0.2, 0) is 6.42 Å². The first-order valence-electron chi connectivity index (χ1n) is 6.62. The maximum absolute atomic E-state index is 5.78. The van der Waals surface area contributed by atoms with Gasteiger partial charge < -0.3 is 5.32 Å². The Hall–Kier alpha value is -2.40. The molecule has 106 valence electrons. The molecule has 0 aliphatic carbocycles. The van der Waals surface area contributed by atoms with Gasteiger partial charge in [-0.2, -0.15) is 5.10 Å². The summed E-state index contributed by atoms with van der Waals surface area (Å²) in [7, 11) is 0. The average molecular weight is 300 g/mol. The largest absolute Gasteiger partial charge is 0.368 e. The Balaban J connectivity index is 1.58. The molecular weight excluding hydrogens is 286 g/mol. The summed E-state index contributed by atoms with van der Waals surface area (Å²) in [5, 5.41) is 7.94. The normalized spacial score (nSPS) is 10.5. The van der Waals surface area contributed by atoms with Crippen LogP contribution < -0.4 is 5.32 Å². The summed E-state index contributed by atoms with van der Waals surface area (Å²) in [5.41, 5.74) is 2.21. The number of hydrogen-bond acceptors (Lipinski definition) is 4. The summed E-state index contributed by atoms with van der Waals surface area (Å²) in [4.78, 5) is 8.11. The number of para-hydroxylation sites is 1. The Morgan fingerprint density at radius 3 is 2.76 bits per heavy atom. The number of hydrogen-bond donors (Lipinski definition) is 1. The second-order valence-corrected chi connectivity index (χ2v) is 4.92. The fraction of sp³-hybridized carbons (Fsp3) is 0.133. The number of halogens is 1. The molecule has 0 bridgehead atoms. The van der Waals surface area contributed by atoms with Crippen molar-refractivity contribution in [3.63, 3.8) is 0 Å². The van der Waals surface area contributed by atoms with Gasteiger partial charge in [0.2, 0.25) is 0 Å². The fourth-order valence-electron chi connectivity index (χ4n) is 1.97. The molecule has 0 aliphatic rings. The van der Waals surface area contributed by atoms with Gasteiger partial charge in [-0.05, 0) is 24.1 Å². The van der Waals surface area contributed by atoms with Crippen molar-refractivity contribution >= 4 is 17.4 Å². The Bertz CT molecular complexity index is 711. The highest BCUT2D eigenvalue weighted by atomic mass is 35.5. The van der Waals surface area contributed by atoms with E-state index < -0.39 is 0 Å². The maximum Gasteiger partial charge on any atom is 0.149 e. The van der Waals surface area contributed by atoms with Crippen LogP contribution in [0.3, 0.4) is 0 Å². The maximum atomic E-state index is 5.78. The molecule has 21 heavy (non-hydrogen) atoms. The number of benzene rings is 1. The molecule has 0 amide bonds. The molecule has 0 spiro atoms. The van der Waals surface area contributed by atoms with E-state index >= 15 is 0 Å². The highest BCUT2D eigenvalue weighted by Crippen LogP contribution is 2.09. The van der Waals surface area contributed by atoms with E-state index in [0.29, 0.717) is 11.0 Å². The number of nitrogens with one attached hydrogen (secondary N) is 1. The van der Waals surface area contributed by atoms with E-state index in [9.17, 15) is 0 Å². The Labute approximate surface area is 127 Å². The predicted molar refractivity (Wildman–Crippen MR) is 82.8 cm³/mol. The number of aromatic nitrogens is 4. The van der Waals surface area contributed by atoms with Gasteiger partial charge in [0.05, 0.1) is 24.3 Å². The van der Waals surface area contributed by atoms with Gasteiger partial charge in [0.1, 0.15) is 11.0 Å². The van der Waals surface area contributed by atoms with Crippen molar-refractivity contribution in [1.29, 1.82) is 0 Å². The van der Waals surface area contributed by atoms with Crippen molar-refractivity contribution in [2.45, 2.75) is 6.42 Å². The molecule has 2 heterocycles. The Morgan fingerprint density at radius 1 is 1.10 bits per heavy atom. The summed E-state index contributed by atoms with van der Waals surface area (Å²) in [6.45, 7) is 0.746. The third-order valence-electron chi connectivity index (χ3n) is 2.98. The van der Waals surface area contributed by atoms with Crippen molar-refractivity contribution < 1.29 is 0 Å². The highest BCUT2D eigenvalue weighted by molar-refractivity contribution is 6.29. The molecule has 0 saturated carbocycles. The summed E-state index contributed by atoms with van der Waals surface area (Å²) in [6, 6.07) is 10.0. The zero-order valence-electron chi connectivity index (χ0n) is 11.3. The SMILES string of the molecule is Clc1cncc(NCCc2cnn(-c3ccccc3)c2)n1. The molecule has 5 nitrogen and oxygen atoms in total. The molecule has 0 saturated heterocycles. The summed E-state index contributed by atoms with van der Waals surface area (Å²) < 4.78 is 1.87. The minimum absolute atomic E-state index is 0.386. The van der Waals surface area contributed by atoms with Crippen LogP contribution in [0.15, 0.2) is 55.1 Å². The molecule has 3 rings (SSSR count). The Morgan fingerprint density at radius 2 is 1.95 bits per heavy atom. The fourth-order valence-corrected chi connectivity index (χ4v) is 2.12. The van der Waals surface area contributed by atoms with E-state index in [1.807, 2.05) is 47.4 Å². The minimum atomic E-state index is 0.386. The third kappa shape index (κ3) is 3.58. The lowest BCUT2D eigenvalue weighted by atomic mass is 10.2. The zero-order chi connectivity index (χ0) is 14.5. The Kier molecular flexibility index (Phi) is 4.12. The second-order valence-electron chi connectivity index (χ2n) is 4.53.